The summed E-state index contributed by atoms with van der Waals surface area (Å²) in [5.41, 5.74) is 0. The molecule has 94 valence electrons. The standard InChI is InChI=1S/C10H19NO4S/c1-2-8-16(12,13)11-5-3-4-10(9-11)14-6-7-15-10/h2-9H2,1H3. The van der Waals surface area contributed by atoms with E-state index in [9.17, 15) is 8.42 Å². The molecule has 0 amide bonds. The van der Waals surface area contributed by atoms with Crippen molar-refractivity contribution in [3.05, 3.63) is 0 Å². The molecule has 2 rings (SSSR count). The molecular formula is C10H19NO4S. The summed E-state index contributed by atoms with van der Waals surface area (Å²) in [5.74, 6) is -0.442. The summed E-state index contributed by atoms with van der Waals surface area (Å²) in [7, 11) is -3.12. The van der Waals surface area contributed by atoms with E-state index in [0.717, 1.165) is 12.8 Å². The van der Waals surface area contributed by atoms with E-state index in [-0.39, 0.29) is 5.75 Å². The SMILES string of the molecule is CCCS(=O)(=O)N1CCCC2(C1)OCCO2. The van der Waals surface area contributed by atoms with Gasteiger partial charge in [-0.3, -0.25) is 0 Å². The van der Waals surface area contributed by atoms with Crippen molar-refractivity contribution in [2.24, 2.45) is 0 Å². The number of hydrogen-bond donors (Lipinski definition) is 0. The molecule has 2 fully saturated rings. The Bertz CT molecular complexity index is 335. The van der Waals surface area contributed by atoms with Crippen molar-refractivity contribution in [1.29, 1.82) is 0 Å². The van der Waals surface area contributed by atoms with Gasteiger partial charge in [-0.1, -0.05) is 6.92 Å². The van der Waals surface area contributed by atoms with Gasteiger partial charge in [0.25, 0.3) is 0 Å². The first-order valence-electron chi connectivity index (χ1n) is 5.84. The van der Waals surface area contributed by atoms with Crippen LogP contribution in [0, 0.1) is 0 Å². The van der Waals surface area contributed by atoms with Crippen LogP contribution < -0.4 is 0 Å². The molecule has 0 atom stereocenters. The van der Waals surface area contributed by atoms with Gasteiger partial charge in [0.1, 0.15) is 0 Å². The normalized spacial score (nSPS) is 26.3. The number of sulfonamides is 1. The van der Waals surface area contributed by atoms with Crippen LogP contribution >= 0.6 is 0 Å². The Balaban J connectivity index is 2.07. The molecule has 5 nitrogen and oxygen atoms in total. The number of piperidine rings is 1. The average molecular weight is 249 g/mol. The molecule has 0 saturated carbocycles. The fourth-order valence-electron chi connectivity index (χ4n) is 2.31. The highest BCUT2D eigenvalue weighted by Crippen LogP contribution is 2.31. The zero-order chi connectivity index (χ0) is 11.6. The summed E-state index contributed by atoms with van der Waals surface area (Å²) in [6.07, 6.45) is 2.25. The molecule has 0 aliphatic carbocycles. The largest absolute Gasteiger partial charge is 0.346 e. The van der Waals surface area contributed by atoms with Crippen LogP contribution in [0.4, 0.5) is 0 Å². The molecule has 2 aliphatic heterocycles. The first-order valence-corrected chi connectivity index (χ1v) is 7.45. The number of nitrogens with zero attached hydrogens (tertiary/aromatic N) is 1. The molecule has 0 bridgehead atoms. The first-order chi connectivity index (χ1) is 7.58. The summed E-state index contributed by atoms with van der Waals surface area (Å²) >= 11 is 0. The van der Waals surface area contributed by atoms with Gasteiger partial charge in [-0.2, -0.15) is 4.31 Å². The van der Waals surface area contributed by atoms with Crippen LogP contribution in [0.15, 0.2) is 0 Å². The molecule has 16 heavy (non-hydrogen) atoms. The molecule has 2 saturated heterocycles. The molecule has 0 aromatic carbocycles. The zero-order valence-electron chi connectivity index (χ0n) is 9.65. The lowest BCUT2D eigenvalue weighted by Crippen LogP contribution is -2.51. The molecular weight excluding hydrogens is 230 g/mol. The number of ether oxygens (including phenoxy) is 2. The van der Waals surface area contributed by atoms with Crippen LogP contribution in [-0.4, -0.2) is 50.6 Å². The molecule has 0 radical (unpaired) electrons. The fraction of sp³-hybridized carbons (Fsp3) is 1.00. The summed E-state index contributed by atoms with van der Waals surface area (Å²) < 4.78 is 36.5. The molecule has 6 heteroatoms. The summed E-state index contributed by atoms with van der Waals surface area (Å²) in [6.45, 7) is 3.97. The third kappa shape index (κ3) is 2.40. The van der Waals surface area contributed by atoms with E-state index in [0.29, 0.717) is 32.7 Å². The summed E-state index contributed by atoms with van der Waals surface area (Å²) in [6, 6.07) is 0. The van der Waals surface area contributed by atoms with E-state index in [2.05, 4.69) is 0 Å². The lowest BCUT2D eigenvalue weighted by atomic mass is 10.1. The topological polar surface area (TPSA) is 55.8 Å². The summed E-state index contributed by atoms with van der Waals surface area (Å²) in [5, 5.41) is 0. The predicted octanol–water partition coefficient (Wildman–Crippen LogP) is 0.565. The maximum Gasteiger partial charge on any atom is 0.214 e. The number of hydrogen-bond acceptors (Lipinski definition) is 4. The zero-order valence-corrected chi connectivity index (χ0v) is 10.5. The highest BCUT2D eigenvalue weighted by molar-refractivity contribution is 7.89. The Morgan fingerprint density at radius 3 is 2.62 bits per heavy atom. The predicted molar refractivity (Wildman–Crippen MR) is 59.5 cm³/mol. The van der Waals surface area contributed by atoms with Crippen LogP contribution in [0.3, 0.4) is 0 Å². The van der Waals surface area contributed by atoms with Gasteiger partial charge in [0.15, 0.2) is 5.79 Å². The minimum absolute atomic E-state index is 0.211. The molecule has 2 heterocycles. The fourth-order valence-corrected chi connectivity index (χ4v) is 3.88. The van der Waals surface area contributed by atoms with Crippen molar-refractivity contribution < 1.29 is 17.9 Å². The van der Waals surface area contributed by atoms with Gasteiger partial charge in [0.2, 0.25) is 10.0 Å². The van der Waals surface area contributed by atoms with Gasteiger partial charge >= 0.3 is 0 Å². The molecule has 0 N–H and O–H groups in total. The van der Waals surface area contributed by atoms with Crippen LogP contribution in [0.25, 0.3) is 0 Å². The van der Waals surface area contributed by atoms with Gasteiger partial charge in [0, 0.05) is 13.0 Å². The Labute approximate surface area is 96.8 Å². The number of rotatable bonds is 3. The molecule has 0 aromatic rings. The van der Waals surface area contributed by atoms with Crippen LogP contribution in [0.1, 0.15) is 26.2 Å². The third-order valence-electron chi connectivity index (χ3n) is 3.05. The van der Waals surface area contributed by atoms with Gasteiger partial charge in [-0.15, -0.1) is 0 Å². The third-order valence-corrected chi connectivity index (χ3v) is 5.07. The highest BCUT2D eigenvalue weighted by atomic mass is 32.2. The Morgan fingerprint density at radius 1 is 1.31 bits per heavy atom. The lowest BCUT2D eigenvalue weighted by Gasteiger charge is -2.37. The monoisotopic (exact) mass is 249 g/mol. The van der Waals surface area contributed by atoms with Crippen LogP contribution in [0.5, 0.6) is 0 Å². The smallest absolute Gasteiger partial charge is 0.214 e. The van der Waals surface area contributed by atoms with Crippen molar-refractivity contribution in [2.75, 3.05) is 32.1 Å². The van der Waals surface area contributed by atoms with E-state index in [1.165, 1.54) is 4.31 Å². The maximum absolute atomic E-state index is 11.9. The van der Waals surface area contributed by atoms with E-state index in [1.807, 2.05) is 6.92 Å². The van der Waals surface area contributed by atoms with Crippen molar-refractivity contribution >= 4 is 10.0 Å². The van der Waals surface area contributed by atoms with Crippen molar-refractivity contribution in [3.8, 4) is 0 Å². The highest BCUT2D eigenvalue weighted by Gasteiger charge is 2.43. The second kappa shape index (κ2) is 4.60. The van der Waals surface area contributed by atoms with Crippen molar-refractivity contribution in [3.63, 3.8) is 0 Å². The maximum atomic E-state index is 11.9. The van der Waals surface area contributed by atoms with Gasteiger partial charge in [0.05, 0.1) is 25.5 Å². The van der Waals surface area contributed by atoms with Crippen molar-refractivity contribution in [1.82, 2.24) is 4.31 Å². The minimum Gasteiger partial charge on any atom is -0.346 e. The van der Waals surface area contributed by atoms with Gasteiger partial charge in [-0.25, -0.2) is 8.42 Å². The minimum atomic E-state index is -3.12. The van der Waals surface area contributed by atoms with E-state index in [1.54, 1.807) is 0 Å². The Morgan fingerprint density at radius 2 is 2.00 bits per heavy atom. The first kappa shape index (κ1) is 12.3. The van der Waals surface area contributed by atoms with Crippen LogP contribution in [0.2, 0.25) is 0 Å². The average Bonchev–Trinajstić information content (AvgIpc) is 2.66. The Hall–Kier alpha value is -0.170. The van der Waals surface area contributed by atoms with Gasteiger partial charge < -0.3 is 9.47 Å². The van der Waals surface area contributed by atoms with E-state index < -0.39 is 15.8 Å². The quantitative estimate of drug-likeness (QED) is 0.733. The molecule has 0 aromatic heterocycles. The lowest BCUT2D eigenvalue weighted by molar-refractivity contribution is -0.179. The van der Waals surface area contributed by atoms with E-state index in [4.69, 9.17) is 9.47 Å². The second-order valence-corrected chi connectivity index (χ2v) is 6.45. The van der Waals surface area contributed by atoms with Gasteiger partial charge in [-0.05, 0) is 12.8 Å². The van der Waals surface area contributed by atoms with E-state index >= 15 is 0 Å². The Kier molecular flexibility index (Phi) is 3.53. The van der Waals surface area contributed by atoms with Crippen LogP contribution in [-0.2, 0) is 19.5 Å². The molecule has 2 aliphatic rings. The summed E-state index contributed by atoms with van der Waals surface area (Å²) in [4.78, 5) is 0. The molecule has 1 spiro atoms. The van der Waals surface area contributed by atoms with Crippen molar-refractivity contribution in [2.45, 2.75) is 32.0 Å². The molecule has 0 unspecified atom stereocenters. The second-order valence-electron chi connectivity index (χ2n) is 4.36.